The van der Waals surface area contributed by atoms with Crippen LogP contribution in [0, 0.1) is 5.92 Å². The highest BCUT2D eigenvalue weighted by atomic mass is 16.6. The second kappa shape index (κ2) is 7.66. The van der Waals surface area contributed by atoms with Gasteiger partial charge in [0.1, 0.15) is 11.4 Å². The van der Waals surface area contributed by atoms with Crippen LogP contribution >= 0.6 is 0 Å². The highest BCUT2D eigenvalue weighted by molar-refractivity contribution is 5.76. The van der Waals surface area contributed by atoms with E-state index in [0.29, 0.717) is 25.2 Å². The van der Waals surface area contributed by atoms with Gasteiger partial charge in [0.25, 0.3) is 0 Å². The molecule has 1 saturated carbocycles. The van der Waals surface area contributed by atoms with Gasteiger partial charge in [-0.3, -0.25) is 4.79 Å². The number of ether oxygens (including phenoxy) is 1. The summed E-state index contributed by atoms with van der Waals surface area (Å²) in [4.78, 5) is 22.8. The monoisotopic (exact) mass is 268 g/mol. The van der Waals surface area contributed by atoms with Gasteiger partial charge in [0.05, 0.1) is 0 Å². The molecule has 3 nitrogen and oxygen atoms in total. The van der Waals surface area contributed by atoms with Gasteiger partial charge in [0.15, 0.2) is 0 Å². The minimum Gasteiger partial charge on any atom is -0.459 e. The second-order valence-corrected chi connectivity index (χ2v) is 6.03. The van der Waals surface area contributed by atoms with Gasteiger partial charge in [0.2, 0.25) is 0 Å². The molecular formula is C16H28O3. The summed E-state index contributed by atoms with van der Waals surface area (Å²) < 4.78 is 5.76. The SMILES string of the molecule is CCC(C)(OC(=O)CCCC(C)=O)C1CCCCC1. The first-order chi connectivity index (χ1) is 8.98. The maximum absolute atomic E-state index is 11.9. The van der Waals surface area contributed by atoms with Crippen molar-refractivity contribution in [1.82, 2.24) is 0 Å². The van der Waals surface area contributed by atoms with E-state index >= 15 is 0 Å². The summed E-state index contributed by atoms with van der Waals surface area (Å²) >= 11 is 0. The lowest BCUT2D eigenvalue weighted by Crippen LogP contribution is -2.40. The van der Waals surface area contributed by atoms with Crippen LogP contribution in [0.5, 0.6) is 0 Å². The van der Waals surface area contributed by atoms with Gasteiger partial charge >= 0.3 is 5.97 Å². The fraction of sp³-hybridized carbons (Fsp3) is 0.875. The molecule has 1 atom stereocenters. The Kier molecular flexibility index (Phi) is 6.53. The molecule has 0 amide bonds. The first-order valence-electron chi connectivity index (χ1n) is 7.69. The summed E-state index contributed by atoms with van der Waals surface area (Å²) in [6.07, 6.45) is 8.47. The van der Waals surface area contributed by atoms with Crippen molar-refractivity contribution in [3.05, 3.63) is 0 Å². The molecular weight excluding hydrogens is 240 g/mol. The van der Waals surface area contributed by atoms with Crippen LogP contribution in [0.2, 0.25) is 0 Å². The molecule has 0 aromatic heterocycles. The van der Waals surface area contributed by atoms with Gasteiger partial charge in [-0.05, 0) is 45.4 Å². The molecule has 1 fully saturated rings. The molecule has 0 aliphatic heterocycles. The normalized spacial score (nSPS) is 19.7. The summed E-state index contributed by atoms with van der Waals surface area (Å²) in [6.45, 7) is 5.73. The van der Waals surface area contributed by atoms with Gasteiger partial charge in [-0.2, -0.15) is 0 Å². The summed E-state index contributed by atoms with van der Waals surface area (Å²) in [7, 11) is 0. The third-order valence-corrected chi connectivity index (χ3v) is 4.43. The van der Waals surface area contributed by atoms with Crippen molar-refractivity contribution in [3.8, 4) is 0 Å². The summed E-state index contributed by atoms with van der Waals surface area (Å²) in [5.74, 6) is 0.498. The molecule has 0 aromatic rings. The molecule has 1 rings (SSSR count). The maximum atomic E-state index is 11.9. The molecule has 0 bridgehead atoms. The van der Waals surface area contributed by atoms with Crippen LogP contribution in [-0.4, -0.2) is 17.4 Å². The molecule has 0 saturated heterocycles. The van der Waals surface area contributed by atoms with Crippen LogP contribution in [0.25, 0.3) is 0 Å². The van der Waals surface area contributed by atoms with E-state index in [9.17, 15) is 9.59 Å². The summed E-state index contributed by atoms with van der Waals surface area (Å²) in [6, 6.07) is 0. The summed E-state index contributed by atoms with van der Waals surface area (Å²) in [5, 5.41) is 0. The first kappa shape index (κ1) is 16.2. The molecule has 110 valence electrons. The summed E-state index contributed by atoms with van der Waals surface area (Å²) in [5.41, 5.74) is -0.312. The topological polar surface area (TPSA) is 43.4 Å². The number of hydrogen-bond acceptors (Lipinski definition) is 3. The number of hydrogen-bond donors (Lipinski definition) is 0. The van der Waals surface area contributed by atoms with Crippen molar-refractivity contribution in [2.45, 2.75) is 84.2 Å². The Morgan fingerprint density at radius 1 is 1.16 bits per heavy atom. The number of ketones is 1. The minimum atomic E-state index is -0.312. The third-order valence-electron chi connectivity index (χ3n) is 4.43. The van der Waals surface area contributed by atoms with E-state index in [1.807, 2.05) is 0 Å². The van der Waals surface area contributed by atoms with Gasteiger partial charge in [0, 0.05) is 12.8 Å². The molecule has 0 heterocycles. The van der Waals surface area contributed by atoms with Crippen molar-refractivity contribution in [2.75, 3.05) is 0 Å². The zero-order valence-corrected chi connectivity index (χ0v) is 12.7. The maximum Gasteiger partial charge on any atom is 0.306 e. The van der Waals surface area contributed by atoms with E-state index < -0.39 is 0 Å². The van der Waals surface area contributed by atoms with Crippen LogP contribution in [0.1, 0.15) is 78.6 Å². The zero-order chi connectivity index (χ0) is 14.3. The van der Waals surface area contributed by atoms with E-state index in [4.69, 9.17) is 4.74 Å². The largest absolute Gasteiger partial charge is 0.459 e. The van der Waals surface area contributed by atoms with E-state index in [0.717, 1.165) is 6.42 Å². The second-order valence-electron chi connectivity index (χ2n) is 6.03. The predicted octanol–water partition coefficient (Wildman–Crippen LogP) is 4.04. The van der Waals surface area contributed by atoms with Crippen LogP contribution in [0.3, 0.4) is 0 Å². The minimum absolute atomic E-state index is 0.137. The Morgan fingerprint density at radius 2 is 1.79 bits per heavy atom. The van der Waals surface area contributed by atoms with Crippen LogP contribution in [0.15, 0.2) is 0 Å². The number of carbonyl (C=O) groups excluding carboxylic acids is 2. The Hall–Kier alpha value is -0.860. The number of rotatable bonds is 7. The Morgan fingerprint density at radius 3 is 2.32 bits per heavy atom. The zero-order valence-electron chi connectivity index (χ0n) is 12.7. The first-order valence-corrected chi connectivity index (χ1v) is 7.69. The highest BCUT2D eigenvalue weighted by Crippen LogP contribution is 2.37. The Labute approximate surface area is 117 Å². The quantitative estimate of drug-likeness (QED) is 0.654. The van der Waals surface area contributed by atoms with E-state index in [1.54, 1.807) is 6.92 Å². The molecule has 1 aliphatic carbocycles. The molecule has 0 spiro atoms. The average Bonchev–Trinajstić information content (AvgIpc) is 2.39. The lowest BCUT2D eigenvalue weighted by Gasteiger charge is -2.38. The van der Waals surface area contributed by atoms with Crippen LogP contribution in [0.4, 0.5) is 0 Å². The van der Waals surface area contributed by atoms with Crippen molar-refractivity contribution in [1.29, 1.82) is 0 Å². The van der Waals surface area contributed by atoms with Crippen molar-refractivity contribution >= 4 is 11.8 Å². The molecule has 0 aromatic carbocycles. The third kappa shape index (κ3) is 5.33. The predicted molar refractivity (Wildman–Crippen MR) is 75.9 cm³/mol. The highest BCUT2D eigenvalue weighted by Gasteiger charge is 2.36. The fourth-order valence-corrected chi connectivity index (χ4v) is 2.95. The molecule has 3 heteroatoms. The average molecular weight is 268 g/mol. The van der Waals surface area contributed by atoms with Gasteiger partial charge in [-0.1, -0.05) is 26.2 Å². The van der Waals surface area contributed by atoms with Crippen molar-refractivity contribution in [3.63, 3.8) is 0 Å². The van der Waals surface area contributed by atoms with E-state index in [2.05, 4.69) is 13.8 Å². The molecule has 19 heavy (non-hydrogen) atoms. The number of esters is 1. The van der Waals surface area contributed by atoms with Gasteiger partial charge in [-0.15, -0.1) is 0 Å². The lowest BCUT2D eigenvalue weighted by molar-refractivity contribution is -0.166. The molecule has 0 N–H and O–H groups in total. The Balaban J connectivity index is 2.44. The van der Waals surface area contributed by atoms with Crippen molar-refractivity contribution in [2.24, 2.45) is 5.92 Å². The van der Waals surface area contributed by atoms with E-state index in [-0.39, 0.29) is 17.4 Å². The molecule has 1 aliphatic rings. The lowest BCUT2D eigenvalue weighted by atomic mass is 9.76. The Bertz CT molecular complexity index is 305. The van der Waals surface area contributed by atoms with Crippen LogP contribution < -0.4 is 0 Å². The molecule has 0 radical (unpaired) electrons. The number of Topliss-reactive ketones (excluding diaryl/α,β-unsaturated/α-hetero) is 1. The van der Waals surface area contributed by atoms with E-state index in [1.165, 1.54) is 32.1 Å². The van der Waals surface area contributed by atoms with Gasteiger partial charge < -0.3 is 9.53 Å². The molecule has 1 unspecified atom stereocenters. The van der Waals surface area contributed by atoms with Crippen molar-refractivity contribution < 1.29 is 14.3 Å². The smallest absolute Gasteiger partial charge is 0.306 e. The van der Waals surface area contributed by atoms with Crippen LogP contribution in [-0.2, 0) is 14.3 Å². The number of carbonyl (C=O) groups is 2. The van der Waals surface area contributed by atoms with Gasteiger partial charge in [-0.25, -0.2) is 0 Å². The standard InChI is InChI=1S/C16H28O3/c1-4-16(3,14-10-6-5-7-11-14)19-15(18)12-8-9-13(2)17/h14H,4-12H2,1-3H3. The fourth-order valence-electron chi connectivity index (χ4n) is 2.95.